The Hall–Kier alpha value is -1.35. The summed E-state index contributed by atoms with van der Waals surface area (Å²) in [5, 5.41) is 6.27. The van der Waals surface area contributed by atoms with Gasteiger partial charge >= 0.3 is 0 Å². The predicted molar refractivity (Wildman–Crippen MR) is 73.5 cm³/mol. The van der Waals surface area contributed by atoms with Crippen molar-refractivity contribution in [1.29, 1.82) is 0 Å². The molecule has 0 aliphatic heterocycles. The van der Waals surface area contributed by atoms with Gasteiger partial charge < -0.3 is 10.6 Å². The molecule has 18 heavy (non-hydrogen) atoms. The number of carbonyl (C=O) groups is 1. The number of amides is 1. The minimum atomic E-state index is -0.152. The van der Waals surface area contributed by atoms with Gasteiger partial charge in [0.2, 0.25) is 5.91 Å². The van der Waals surface area contributed by atoms with Crippen LogP contribution in [0.3, 0.4) is 0 Å². The monoisotopic (exact) mass is 246 g/mol. The zero-order valence-corrected chi connectivity index (χ0v) is 11.4. The number of hydrogen-bond acceptors (Lipinski definition) is 2. The Morgan fingerprint density at radius 3 is 2.56 bits per heavy atom. The molecular weight excluding hydrogens is 224 g/mol. The summed E-state index contributed by atoms with van der Waals surface area (Å²) in [7, 11) is 0. The Kier molecular flexibility index (Phi) is 3.71. The van der Waals surface area contributed by atoms with Gasteiger partial charge in [0.1, 0.15) is 0 Å². The van der Waals surface area contributed by atoms with Crippen molar-refractivity contribution < 1.29 is 4.79 Å². The Bertz CT molecular complexity index is 408. The summed E-state index contributed by atoms with van der Waals surface area (Å²) in [5.74, 6) is 0.648. The molecule has 1 aromatic rings. The Morgan fingerprint density at radius 2 is 1.94 bits per heavy atom. The van der Waals surface area contributed by atoms with Crippen molar-refractivity contribution in [2.45, 2.75) is 44.7 Å². The molecule has 1 saturated carbocycles. The van der Waals surface area contributed by atoms with Gasteiger partial charge in [0.15, 0.2) is 0 Å². The van der Waals surface area contributed by atoms with E-state index in [9.17, 15) is 4.79 Å². The first-order chi connectivity index (χ1) is 8.46. The lowest BCUT2D eigenvalue weighted by Crippen LogP contribution is -2.45. The maximum atomic E-state index is 11.7. The second-order valence-corrected chi connectivity index (χ2v) is 6.04. The van der Waals surface area contributed by atoms with Crippen molar-refractivity contribution in [3.8, 4) is 0 Å². The molecule has 98 valence electrons. The van der Waals surface area contributed by atoms with E-state index in [4.69, 9.17) is 0 Å². The van der Waals surface area contributed by atoms with Crippen LogP contribution in [0.1, 0.15) is 38.7 Å². The van der Waals surface area contributed by atoms with E-state index in [-0.39, 0.29) is 11.4 Å². The molecule has 2 atom stereocenters. The van der Waals surface area contributed by atoms with Crippen molar-refractivity contribution in [2.24, 2.45) is 0 Å². The van der Waals surface area contributed by atoms with Crippen LogP contribution in [0, 0.1) is 0 Å². The SMILES string of the molecule is CC(C)(C)NC(=O)CNC1CC1c1ccccc1. The van der Waals surface area contributed by atoms with Gasteiger partial charge in [-0.15, -0.1) is 0 Å². The smallest absolute Gasteiger partial charge is 0.234 e. The zero-order chi connectivity index (χ0) is 13.2. The van der Waals surface area contributed by atoms with E-state index < -0.39 is 0 Å². The van der Waals surface area contributed by atoms with Crippen molar-refractivity contribution >= 4 is 5.91 Å². The molecule has 0 bridgehead atoms. The molecule has 3 nitrogen and oxygen atoms in total. The van der Waals surface area contributed by atoms with Crippen molar-refractivity contribution in [3.63, 3.8) is 0 Å². The highest BCUT2D eigenvalue weighted by Gasteiger charge is 2.38. The third-order valence-corrected chi connectivity index (χ3v) is 3.06. The van der Waals surface area contributed by atoms with E-state index in [1.54, 1.807) is 0 Å². The first-order valence-electron chi connectivity index (χ1n) is 6.55. The lowest BCUT2D eigenvalue weighted by molar-refractivity contribution is -0.121. The summed E-state index contributed by atoms with van der Waals surface area (Å²) in [6.45, 7) is 6.39. The maximum Gasteiger partial charge on any atom is 0.234 e. The first kappa shape index (κ1) is 13.1. The topological polar surface area (TPSA) is 41.1 Å². The summed E-state index contributed by atoms with van der Waals surface area (Å²) < 4.78 is 0. The largest absolute Gasteiger partial charge is 0.350 e. The zero-order valence-electron chi connectivity index (χ0n) is 11.4. The fourth-order valence-electron chi connectivity index (χ4n) is 2.18. The van der Waals surface area contributed by atoms with E-state index in [1.165, 1.54) is 5.56 Å². The van der Waals surface area contributed by atoms with Gasteiger partial charge in [0.25, 0.3) is 0 Å². The maximum absolute atomic E-state index is 11.7. The number of nitrogens with one attached hydrogen (secondary N) is 2. The van der Waals surface area contributed by atoms with Crippen LogP contribution in [0.2, 0.25) is 0 Å². The fraction of sp³-hybridized carbons (Fsp3) is 0.533. The average Bonchev–Trinajstić information content (AvgIpc) is 3.05. The lowest BCUT2D eigenvalue weighted by Gasteiger charge is -2.20. The van der Waals surface area contributed by atoms with Gasteiger partial charge in [0.05, 0.1) is 6.54 Å². The van der Waals surface area contributed by atoms with Gasteiger partial charge in [-0.2, -0.15) is 0 Å². The molecule has 0 saturated heterocycles. The average molecular weight is 246 g/mol. The molecule has 2 rings (SSSR count). The van der Waals surface area contributed by atoms with Gasteiger partial charge in [-0.1, -0.05) is 30.3 Å². The van der Waals surface area contributed by atoms with E-state index in [1.807, 2.05) is 26.8 Å². The van der Waals surface area contributed by atoms with Crippen molar-refractivity contribution in [2.75, 3.05) is 6.54 Å². The van der Waals surface area contributed by atoms with E-state index in [0.717, 1.165) is 6.42 Å². The highest BCUT2D eigenvalue weighted by molar-refractivity contribution is 5.78. The Morgan fingerprint density at radius 1 is 1.28 bits per heavy atom. The molecule has 2 unspecified atom stereocenters. The number of rotatable bonds is 4. The normalized spacial score (nSPS) is 22.6. The molecule has 0 spiro atoms. The van der Waals surface area contributed by atoms with Gasteiger partial charge in [-0.25, -0.2) is 0 Å². The van der Waals surface area contributed by atoms with Gasteiger partial charge in [-0.05, 0) is 32.8 Å². The van der Waals surface area contributed by atoms with E-state index >= 15 is 0 Å². The van der Waals surface area contributed by atoms with Crippen LogP contribution in [0.15, 0.2) is 30.3 Å². The minimum absolute atomic E-state index is 0.0706. The molecule has 0 radical (unpaired) electrons. The van der Waals surface area contributed by atoms with Crippen molar-refractivity contribution in [1.82, 2.24) is 10.6 Å². The molecule has 0 aromatic heterocycles. The molecule has 3 heteroatoms. The molecule has 2 N–H and O–H groups in total. The highest BCUT2D eigenvalue weighted by atomic mass is 16.2. The summed E-state index contributed by atoms with van der Waals surface area (Å²) in [4.78, 5) is 11.7. The standard InChI is InChI=1S/C15H22N2O/c1-15(2,3)17-14(18)10-16-13-9-12(13)11-7-5-4-6-8-11/h4-8,12-13,16H,9-10H2,1-3H3,(H,17,18). The second-order valence-electron chi connectivity index (χ2n) is 6.04. The van der Waals surface area contributed by atoms with Crippen LogP contribution in [-0.2, 0) is 4.79 Å². The first-order valence-corrected chi connectivity index (χ1v) is 6.55. The van der Waals surface area contributed by atoms with E-state index in [2.05, 4.69) is 34.9 Å². The predicted octanol–water partition coefficient (Wildman–Crippen LogP) is 2.05. The quantitative estimate of drug-likeness (QED) is 0.853. The third kappa shape index (κ3) is 3.84. The summed E-state index contributed by atoms with van der Waals surface area (Å²) in [6, 6.07) is 10.9. The minimum Gasteiger partial charge on any atom is -0.350 e. The number of carbonyl (C=O) groups excluding carboxylic acids is 1. The van der Waals surface area contributed by atoms with Gasteiger partial charge in [-0.3, -0.25) is 4.79 Å². The second kappa shape index (κ2) is 5.11. The van der Waals surface area contributed by atoms with Crippen LogP contribution < -0.4 is 10.6 Å². The van der Waals surface area contributed by atoms with Crippen LogP contribution >= 0.6 is 0 Å². The molecule has 1 aromatic carbocycles. The molecule has 1 aliphatic carbocycles. The van der Waals surface area contributed by atoms with Crippen molar-refractivity contribution in [3.05, 3.63) is 35.9 Å². The molecule has 1 amide bonds. The summed E-state index contributed by atoms with van der Waals surface area (Å²) in [5.41, 5.74) is 1.22. The number of hydrogen-bond donors (Lipinski definition) is 2. The Balaban J connectivity index is 1.73. The van der Waals surface area contributed by atoms with E-state index in [0.29, 0.717) is 18.5 Å². The molecule has 0 heterocycles. The molecular formula is C15H22N2O. The summed E-state index contributed by atoms with van der Waals surface area (Å²) in [6.07, 6.45) is 1.13. The van der Waals surface area contributed by atoms with Crippen LogP contribution in [0.5, 0.6) is 0 Å². The molecule has 1 fully saturated rings. The van der Waals surface area contributed by atoms with Gasteiger partial charge in [0, 0.05) is 17.5 Å². The molecule has 1 aliphatic rings. The fourth-order valence-corrected chi connectivity index (χ4v) is 2.18. The highest BCUT2D eigenvalue weighted by Crippen LogP contribution is 2.40. The van der Waals surface area contributed by atoms with Crippen LogP contribution in [-0.4, -0.2) is 24.0 Å². The number of benzene rings is 1. The Labute approximate surface area is 109 Å². The summed E-state index contributed by atoms with van der Waals surface area (Å²) >= 11 is 0. The van der Waals surface area contributed by atoms with Crippen LogP contribution in [0.4, 0.5) is 0 Å². The third-order valence-electron chi connectivity index (χ3n) is 3.06. The lowest BCUT2D eigenvalue weighted by atomic mass is 10.1. The van der Waals surface area contributed by atoms with Crippen LogP contribution in [0.25, 0.3) is 0 Å².